The Hall–Kier alpha value is -1.58. The Labute approximate surface area is 114 Å². The zero-order chi connectivity index (χ0) is 13.5. The second kappa shape index (κ2) is 7.12. The van der Waals surface area contributed by atoms with Crippen LogP contribution in [0.4, 0.5) is 0 Å². The first-order valence-electron chi connectivity index (χ1n) is 6.75. The number of benzene rings is 1. The lowest BCUT2D eigenvalue weighted by atomic mass is 10.1. The molecule has 3 heteroatoms. The van der Waals surface area contributed by atoms with Crippen molar-refractivity contribution in [2.75, 3.05) is 0 Å². The van der Waals surface area contributed by atoms with Crippen molar-refractivity contribution >= 4 is 0 Å². The molecule has 0 radical (unpaired) electrons. The first kappa shape index (κ1) is 13.8. The van der Waals surface area contributed by atoms with Crippen LogP contribution in [0.25, 0.3) is 0 Å². The molecule has 19 heavy (non-hydrogen) atoms. The fraction of sp³-hybridized carbons (Fsp3) is 0.375. The SMILES string of the molecule is CCCC(O)c1ccn(COCc2ccccc2)c1. The van der Waals surface area contributed by atoms with Crippen LogP contribution in [0.5, 0.6) is 0 Å². The minimum absolute atomic E-state index is 0.361. The van der Waals surface area contributed by atoms with Crippen LogP contribution in [0.1, 0.15) is 37.0 Å². The van der Waals surface area contributed by atoms with Gasteiger partial charge in [0.2, 0.25) is 0 Å². The standard InChI is InChI=1S/C16H21NO2/c1-2-6-16(18)15-9-10-17(11-15)13-19-12-14-7-4-3-5-8-14/h3-5,7-11,16,18H,2,6,12-13H2,1H3. The molecule has 1 unspecified atom stereocenters. The monoisotopic (exact) mass is 259 g/mol. The van der Waals surface area contributed by atoms with Crippen molar-refractivity contribution in [1.29, 1.82) is 0 Å². The summed E-state index contributed by atoms with van der Waals surface area (Å²) in [6, 6.07) is 12.1. The summed E-state index contributed by atoms with van der Waals surface area (Å²) >= 11 is 0. The molecule has 1 aromatic heterocycles. The van der Waals surface area contributed by atoms with E-state index in [2.05, 4.69) is 6.92 Å². The first-order valence-corrected chi connectivity index (χ1v) is 6.75. The lowest BCUT2D eigenvalue weighted by Crippen LogP contribution is -2.01. The number of aliphatic hydroxyl groups excluding tert-OH is 1. The average Bonchev–Trinajstić information content (AvgIpc) is 2.89. The fourth-order valence-electron chi connectivity index (χ4n) is 2.02. The van der Waals surface area contributed by atoms with Gasteiger partial charge < -0.3 is 14.4 Å². The van der Waals surface area contributed by atoms with Crippen molar-refractivity contribution in [3.8, 4) is 0 Å². The Kier molecular flexibility index (Phi) is 5.19. The second-order valence-corrected chi connectivity index (χ2v) is 4.73. The third kappa shape index (κ3) is 4.23. The first-order chi connectivity index (χ1) is 9.29. The molecule has 0 spiro atoms. The van der Waals surface area contributed by atoms with Crippen molar-refractivity contribution in [3.63, 3.8) is 0 Å². The van der Waals surface area contributed by atoms with Crippen LogP contribution in [0.3, 0.4) is 0 Å². The molecule has 3 nitrogen and oxygen atoms in total. The summed E-state index contributed by atoms with van der Waals surface area (Å²) in [4.78, 5) is 0. The number of aromatic nitrogens is 1. The van der Waals surface area contributed by atoms with Crippen molar-refractivity contribution in [3.05, 3.63) is 59.9 Å². The van der Waals surface area contributed by atoms with E-state index in [9.17, 15) is 5.11 Å². The summed E-state index contributed by atoms with van der Waals surface area (Å²) in [5.41, 5.74) is 2.13. The summed E-state index contributed by atoms with van der Waals surface area (Å²) in [6.07, 6.45) is 5.32. The zero-order valence-corrected chi connectivity index (χ0v) is 11.3. The van der Waals surface area contributed by atoms with E-state index in [1.807, 2.05) is 53.4 Å². The zero-order valence-electron chi connectivity index (χ0n) is 11.3. The third-order valence-corrected chi connectivity index (χ3v) is 3.07. The van der Waals surface area contributed by atoms with Crippen LogP contribution in [0.15, 0.2) is 48.8 Å². The Balaban J connectivity index is 1.80. The quantitative estimate of drug-likeness (QED) is 0.826. The van der Waals surface area contributed by atoms with Gasteiger partial charge in [-0.25, -0.2) is 0 Å². The molecule has 1 N–H and O–H groups in total. The van der Waals surface area contributed by atoms with Gasteiger partial charge in [-0.1, -0.05) is 43.7 Å². The number of hydrogen-bond acceptors (Lipinski definition) is 2. The van der Waals surface area contributed by atoms with Gasteiger partial charge in [0.15, 0.2) is 0 Å². The number of hydrogen-bond donors (Lipinski definition) is 1. The number of nitrogens with zero attached hydrogens (tertiary/aromatic N) is 1. The van der Waals surface area contributed by atoms with Gasteiger partial charge in [0, 0.05) is 12.4 Å². The van der Waals surface area contributed by atoms with Crippen molar-refractivity contribution in [2.24, 2.45) is 0 Å². The molecule has 0 fully saturated rings. The van der Waals surface area contributed by atoms with Gasteiger partial charge in [0.1, 0.15) is 6.73 Å². The normalized spacial score (nSPS) is 12.5. The van der Waals surface area contributed by atoms with E-state index in [0.29, 0.717) is 13.3 Å². The molecular formula is C16H21NO2. The van der Waals surface area contributed by atoms with Crippen LogP contribution in [0, 0.1) is 0 Å². The van der Waals surface area contributed by atoms with E-state index in [1.54, 1.807) is 0 Å². The van der Waals surface area contributed by atoms with Crippen molar-refractivity contribution in [2.45, 2.75) is 39.2 Å². The summed E-state index contributed by atoms with van der Waals surface area (Å²) < 4.78 is 7.60. The molecule has 0 aliphatic carbocycles. The molecular weight excluding hydrogens is 238 g/mol. The summed E-state index contributed by atoms with van der Waals surface area (Å²) in [7, 11) is 0. The van der Waals surface area contributed by atoms with Gasteiger partial charge in [-0.3, -0.25) is 0 Å². The van der Waals surface area contributed by atoms with Crippen LogP contribution >= 0.6 is 0 Å². The van der Waals surface area contributed by atoms with Gasteiger partial charge in [-0.2, -0.15) is 0 Å². The molecule has 2 rings (SSSR count). The predicted octanol–water partition coefficient (Wildman–Crippen LogP) is 3.50. The molecule has 1 aromatic carbocycles. The molecule has 0 saturated carbocycles. The van der Waals surface area contributed by atoms with Crippen molar-refractivity contribution in [1.82, 2.24) is 4.57 Å². The van der Waals surface area contributed by atoms with Gasteiger partial charge >= 0.3 is 0 Å². The average molecular weight is 259 g/mol. The Morgan fingerprint density at radius 1 is 1.21 bits per heavy atom. The largest absolute Gasteiger partial charge is 0.388 e. The summed E-state index contributed by atoms with van der Waals surface area (Å²) in [5.74, 6) is 0. The smallest absolute Gasteiger partial charge is 0.122 e. The van der Waals surface area contributed by atoms with Crippen LogP contribution in [-0.4, -0.2) is 9.67 Å². The molecule has 0 saturated heterocycles. The number of rotatable bonds is 7. The topological polar surface area (TPSA) is 34.4 Å². The molecule has 0 aliphatic heterocycles. The summed E-state index contributed by atoms with van der Waals surface area (Å²) in [6.45, 7) is 3.18. The van der Waals surface area contributed by atoms with E-state index in [4.69, 9.17) is 4.74 Å². The molecule has 1 atom stereocenters. The summed E-state index contributed by atoms with van der Waals surface area (Å²) in [5, 5.41) is 9.88. The third-order valence-electron chi connectivity index (χ3n) is 3.07. The predicted molar refractivity (Wildman–Crippen MR) is 75.5 cm³/mol. The highest BCUT2D eigenvalue weighted by molar-refractivity contribution is 5.14. The van der Waals surface area contributed by atoms with Crippen LogP contribution in [0.2, 0.25) is 0 Å². The highest BCUT2D eigenvalue weighted by Crippen LogP contribution is 2.18. The van der Waals surface area contributed by atoms with E-state index >= 15 is 0 Å². The maximum Gasteiger partial charge on any atom is 0.122 e. The number of aliphatic hydroxyl groups is 1. The Bertz CT molecular complexity index is 479. The van der Waals surface area contributed by atoms with Crippen molar-refractivity contribution < 1.29 is 9.84 Å². The molecule has 102 valence electrons. The lowest BCUT2D eigenvalue weighted by molar-refractivity contribution is 0.0639. The maximum absolute atomic E-state index is 9.88. The van der Waals surface area contributed by atoms with Gasteiger partial charge in [0.05, 0.1) is 12.7 Å². The second-order valence-electron chi connectivity index (χ2n) is 4.73. The fourth-order valence-corrected chi connectivity index (χ4v) is 2.02. The van der Waals surface area contributed by atoms with E-state index in [1.165, 1.54) is 5.56 Å². The maximum atomic E-state index is 9.88. The van der Waals surface area contributed by atoms with E-state index in [0.717, 1.165) is 18.4 Å². The Morgan fingerprint density at radius 2 is 2.00 bits per heavy atom. The Morgan fingerprint density at radius 3 is 2.74 bits per heavy atom. The van der Waals surface area contributed by atoms with Gasteiger partial charge in [-0.05, 0) is 23.6 Å². The number of ether oxygens (including phenoxy) is 1. The minimum Gasteiger partial charge on any atom is -0.388 e. The van der Waals surface area contributed by atoms with E-state index < -0.39 is 0 Å². The highest BCUT2D eigenvalue weighted by Gasteiger charge is 2.07. The van der Waals surface area contributed by atoms with Gasteiger partial charge in [-0.15, -0.1) is 0 Å². The van der Waals surface area contributed by atoms with Crippen LogP contribution < -0.4 is 0 Å². The molecule has 0 aliphatic rings. The van der Waals surface area contributed by atoms with Gasteiger partial charge in [0.25, 0.3) is 0 Å². The minimum atomic E-state index is -0.361. The highest BCUT2D eigenvalue weighted by atomic mass is 16.5. The van der Waals surface area contributed by atoms with E-state index in [-0.39, 0.29) is 6.10 Å². The van der Waals surface area contributed by atoms with Crippen LogP contribution in [-0.2, 0) is 18.1 Å². The molecule has 0 amide bonds. The lowest BCUT2D eigenvalue weighted by Gasteiger charge is -2.07. The molecule has 1 heterocycles. The molecule has 0 bridgehead atoms. The molecule has 2 aromatic rings.